The number of Topliss-reactive ketones (excluding diaryl/α,β-unsaturated/α-hetero) is 1. The van der Waals surface area contributed by atoms with Crippen molar-refractivity contribution in [1.29, 1.82) is 0 Å². The lowest BCUT2D eigenvalue weighted by Crippen LogP contribution is -2.25. The summed E-state index contributed by atoms with van der Waals surface area (Å²) in [6.07, 6.45) is -3.22. The molecular weight excluding hydrogens is 216 g/mol. The van der Waals surface area contributed by atoms with Gasteiger partial charge < -0.3 is 25.5 Å². The number of rotatable bonds is 3. The Bertz CT molecular complexity index is 391. The monoisotopic (exact) mass is 228 g/mol. The maximum absolute atomic E-state index is 10.8. The van der Waals surface area contributed by atoms with Crippen molar-refractivity contribution in [2.45, 2.75) is 19.1 Å². The topological polar surface area (TPSA) is 118 Å². The number of aliphatic hydroxyl groups excluding tert-OH is 2. The minimum absolute atomic E-state index is 0.0736. The highest BCUT2D eigenvalue weighted by atomic mass is 16.3. The molecule has 0 bridgehead atoms. The lowest BCUT2D eigenvalue weighted by molar-refractivity contribution is -0.130. The molecule has 1 aromatic rings. The minimum Gasteiger partial charge on any atom is -0.504 e. The van der Waals surface area contributed by atoms with Gasteiger partial charge in [-0.25, -0.2) is 0 Å². The van der Waals surface area contributed by atoms with Crippen LogP contribution in [0, 0.1) is 0 Å². The highest BCUT2D eigenvalue weighted by molar-refractivity contribution is 5.81. The molecule has 1 aromatic carbocycles. The van der Waals surface area contributed by atoms with Crippen LogP contribution in [0.5, 0.6) is 17.2 Å². The van der Waals surface area contributed by atoms with Gasteiger partial charge in [-0.1, -0.05) is 0 Å². The Kier molecular flexibility index (Phi) is 3.36. The fraction of sp³-hybridized carbons (Fsp3) is 0.300. The normalized spacial score (nSPS) is 14.4. The van der Waals surface area contributed by atoms with Crippen molar-refractivity contribution >= 4 is 5.78 Å². The van der Waals surface area contributed by atoms with Crippen molar-refractivity contribution in [3.8, 4) is 17.2 Å². The quantitative estimate of drug-likeness (QED) is 0.457. The molecule has 0 aromatic heterocycles. The van der Waals surface area contributed by atoms with E-state index in [0.717, 1.165) is 19.1 Å². The first-order chi connectivity index (χ1) is 7.34. The number of hydrogen-bond donors (Lipinski definition) is 5. The summed E-state index contributed by atoms with van der Waals surface area (Å²) in [5.41, 5.74) is -0.0736. The lowest BCUT2D eigenvalue weighted by atomic mass is 10.0. The van der Waals surface area contributed by atoms with Crippen LogP contribution in [0.25, 0.3) is 0 Å². The smallest absolute Gasteiger partial charge is 0.200 e. The molecule has 0 saturated carbocycles. The third-order valence-corrected chi connectivity index (χ3v) is 2.15. The van der Waals surface area contributed by atoms with Crippen LogP contribution in [0.2, 0.25) is 0 Å². The number of phenols is 3. The van der Waals surface area contributed by atoms with E-state index < -0.39 is 35.2 Å². The first-order valence-corrected chi connectivity index (χ1v) is 4.46. The second-order valence-corrected chi connectivity index (χ2v) is 3.41. The number of carbonyl (C=O) groups excluding carboxylic acids is 1. The van der Waals surface area contributed by atoms with Crippen LogP contribution < -0.4 is 0 Å². The molecule has 88 valence electrons. The third-order valence-electron chi connectivity index (χ3n) is 2.15. The summed E-state index contributed by atoms with van der Waals surface area (Å²) in [7, 11) is 0. The standard InChI is InChI=1S/C10H12O6/c1-4(11)8(14)9(15)5-2-6(12)10(16)7(13)3-5/h2-3,8-9,12-16H,1H3. The van der Waals surface area contributed by atoms with Crippen molar-refractivity contribution in [1.82, 2.24) is 0 Å². The number of carbonyl (C=O) groups is 1. The van der Waals surface area contributed by atoms with Gasteiger partial charge in [0.05, 0.1) is 0 Å². The predicted octanol–water partition coefficient (Wildman–Crippen LogP) is -0.213. The van der Waals surface area contributed by atoms with Crippen LogP contribution in [0.4, 0.5) is 0 Å². The number of aliphatic hydroxyl groups is 2. The molecule has 0 spiro atoms. The summed E-state index contributed by atoms with van der Waals surface area (Å²) in [5.74, 6) is -2.68. The van der Waals surface area contributed by atoms with Gasteiger partial charge in [-0.2, -0.15) is 0 Å². The van der Waals surface area contributed by atoms with Crippen LogP contribution in [0.1, 0.15) is 18.6 Å². The molecule has 0 aliphatic carbocycles. The number of phenolic OH excluding ortho intramolecular Hbond substituents is 3. The first-order valence-electron chi connectivity index (χ1n) is 4.46. The van der Waals surface area contributed by atoms with Gasteiger partial charge in [0.2, 0.25) is 0 Å². The van der Waals surface area contributed by atoms with Gasteiger partial charge in [0.15, 0.2) is 23.0 Å². The predicted molar refractivity (Wildman–Crippen MR) is 53.1 cm³/mol. The Morgan fingerprint density at radius 1 is 1.12 bits per heavy atom. The van der Waals surface area contributed by atoms with Crippen LogP contribution >= 0.6 is 0 Å². The molecule has 6 nitrogen and oxygen atoms in total. The number of aromatic hydroxyl groups is 3. The van der Waals surface area contributed by atoms with Gasteiger partial charge in [0.25, 0.3) is 0 Å². The van der Waals surface area contributed by atoms with E-state index in [-0.39, 0.29) is 5.56 Å². The maximum atomic E-state index is 10.8. The molecule has 0 amide bonds. The van der Waals surface area contributed by atoms with E-state index in [0.29, 0.717) is 0 Å². The molecule has 0 saturated heterocycles. The van der Waals surface area contributed by atoms with E-state index in [1.165, 1.54) is 0 Å². The van der Waals surface area contributed by atoms with Crippen LogP contribution in [-0.2, 0) is 4.79 Å². The second kappa shape index (κ2) is 4.38. The van der Waals surface area contributed by atoms with Crippen LogP contribution in [0.3, 0.4) is 0 Å². The van der Waals surface area contributed by atoms with Gasteiger partial charge in [0, 0.05) is 0 Å². The Balaban J connectivity index is 3.10. The summed E-state index contributed by atoms with van der Waals surface area (Å²) in [5, 5.41) is 46.2. The van der Waals surface area contributed by atoms with Crippen molar-refractivity contribution in [2.24, 2.45) is 0 Å². The van der Waals surface area contributed by atoms with Gasteiger partial charge in [-0.3, -0.25) is 4.79 Å². The van der Waals surface area contributed by atoms with Gasteiger partial charge in [-0.15, -0.1) is 0 Å². The molecule has 6 heteroatoms. The Morgan fingerprint density at radius 2 is 1.56 bits per heavy atom. The van der Waals surface area contributed by atoms with E-state index in [2.05, 4.69) is 0 Å². The number of hydrogen-bond acceptors (Lipinski definition) is 6. The molecule has 5 N–H and O–H groups in total. The molecule has 16 heavy (non-hydrogen) atoms. The molecule has 2 atom stereocenters. The van der Waals surface area contributed by atoms with Crippen molar-refractivity contribution in [3.63, 3.8) is 0 Å². The summed E-state index contributed by atoms with van der Waals surface area (Å²) >= 11 is 0. The Labute approximate surface area is 91.0 Å². The summed E-state index contributed by atoms with van der Waals surface area (Å²) < 4.78 is 0. The Hall–Kier alpha value is -1.79. The van der Waals surface area contributed by atoms with Crippen molar-refractivity contribution in [3.05, 3.63) is 17.7 Å². The maximum Gasteiger partial charge on any atom is 0.200 e. The van der Waals surface area contributed by atoms with E-state index in [1.807, 2.05) is 0 Å². The SMILES string of the molecule is CC(=O)C(O)C(O)c1cc(O)c(O)c(O)c1. The minimum atomic E-state index is -1.65. The van der Waals surface area contributed by atoms with E-state index in [1.54, 1.807) is 0 Å². The van der Waals surface area contributed by atoms with Gasteiger partial charge in [-0.05, 0) is 24.6 Å². The molecule has 1 rings (SSSR count). The summed E-state index contributed by atoms with van der Waals surface area (Å²) in [6, 6.07) is 1.90. The zero-order chi connectivity index (χ0) is 12.5. The second-order valence-electron chi connectivity index (χ2n) is 3.41. The molecule has 0 fully saturated rings. The fourth-order valence-corrected chi connectivity index (χ4v) is 1.20. The Morgan fingerprint density at radius 3 is 1.94 bits per heavy atom. The number of benzene rings is 1. The summed E-state index contributed by atoms with van der Waals surface area (Å²) in [4.78, 5) is 10.8. The van der Waals surface area contributed by atoms with E-state index >= 15 is 0 Å². The molecule has 0 heterocycles. The van der Waals surface area contributed by atoms with Gasteiger partial charge >= 0.3 is 0 Å². The third kappa shape index (κ3) is 2.23. The van der Waals surface area contributed by atoms with Crippen LogP contribution in [0.15, 0.2) is 12.1 Å². The highest BCUT2D eigenvalue weighted by Crippen LogP contribution is 2.37. The van der Waals surface area contributed by atoms with Crippen molar-refractivity contribution in [2.75, 3.05) is 0 Å². The average molecular weight is 228 g/mol. The molecule has 0 aliphatic heterocycles. The average Bonchev–Trinajstić information content (AvgIpc) is 2.22. The fourth-order valence-electron chi connectivity index (χ4n) is 1.20. The van der Waals surface area contributed by atoms with Crippen LogP contribution in [-0.4, -0.2) is 37.4 Å². The van der Waals surface area contributed by atoms with Gasteiger partial charge in [0.1, 0.15) is 12.2 Å². The summed E-state index contributed by atoms with van der Waals surface area (Å²) in [6.45, 7) is 1.09. The lowest BCUT2D eigenvalue weighted by Gasteiger charge is -2.16. The molecule has 0 radical (unpaired) electrons. The largest absolute Gasteiger partial charge is 0.504 e. The zero-order valence-electron chi connectivity index (χ0n) is 8.45. The first kappa shape index (κ1) is 12.3. The highest BCUT2D eigenvalue weighted by Gasteiger charge is 2.24. The molecular formula is C10H12O6. The van der Waals surface area contributed by atoms with Crippen molar-refractivity contribution < 1.29 is 30.3 Å². The zero-order valence-corrected chi connectivity index (χ0v) is 8.45. The molecule has 2 unspecified atom stereocenters. The van der Waals surface area contributed by atoms with E-state index in [4.69, 9.17) is 15.3 Å². The van der Waals surface area contributed by atoms with E-state index in [9.17, 15) is 15.0 Å². The molecule has 0 aliphatic rings. The number of ketones is 1.